The second-order valence-corrected chi connectivity index (χ2v) is 8.70. The van der Waals surface area contributed by atoms with Crippen LogP contribution in [0.4, 0.5) is 16.3 Å². The number of nitrogens with zero attached hydrogens (tertiary/aromatic N) is 5. The molecule has 5 rings (SSSR count). The van der Waals surface area contributed by atoms with Crippen molar-refractivity contribution in [2.75, 3.05) is 49.5 Å². The van der Waals surface area contributed by atoms with E-state index in [1.807, 2.05) is 28.0 Å². The highest BCUT2D eigenvalue weighted by Gasteiger charge is 2.38. The number of fused-ring (bicyclic) bond motifs is 3. The van der Waals surface area contributed by atoms with E-state index in [0.717, 1.165) is 31.1 Å². The number of benzene rings is 1. The number of piperazine rings is 2. The highest BCUT2D eigenvalue weighted by atomic mass is 35.5. The summed E-state index contributed by atoms with van der Waals surface area (Å²) in [7, 11) is 0. The van der Waals surface area contributed by atoms with Crippen LogP contribution in [0.2, 0.25) is 0 Å². The molecule has 0 unspecified atom stereocenters. The Balaban J connectivity index is 0.00000245. The molecular formula is C22H30ClN7O2. The molecule has 2 fully saturated rings. The number of carbonyl (C=O) groups is 1. The lowest BCUT2D eigenvalue weighted by Crippen LogP contribution is -2.65. The molecule has 9 nitrogen and oxygen atoms in total. The summed E-state index contributed by atoms with van der Waals surface area (Å²) in [4.78, 5) is 19.6. The van der Waals surface area contributed by atoms with Crippen LogP contribution >= 0.6 is 12.4 Å². The van der Waals surface area contributed by atoms with Crippen LogP contribution in [-0.2, 0) is 0 Å². The number of nitrogens with one attached hydrogen (secondary N) is 2. The van der Waals surface area contributed by atoms with Gasteiger partial charge in [0.15, 0.2) is 5.82 Å². The minimum Gasteiger partial charge on any atom is -0.507 e. The van der Waals surface area contributed by atoms with Crippen LogP contribution in [-0.4, -0.2) is 88.5 Å². The van der Waals surface area contributed by atoms with Gasteiger partial charge in [0.05, 0.1) is 17.4 Å². The van der Waals surface area contributed by atoms with Crippen molar-refractivity contribution in [3.8, 4) is 17.0 Å². The number of hydrogen-bond acceptors (Lipinski definition) is 7. The maximum atomic E-state index is 13.3. The van der Waals surface area contributed by atoms with Crippen molar-refractivity contribution in [2.24, 2.45) is 0 Å². The number of hydrogen-bond donors (Lipinski definition) is 3. The van der Waals surface area contributed by atoms with E-state index in [1.165, 1.54) is 0 Å². The number of anilines is 2. The Labute approximate surface area is 194 Å². The van der Waals surface area contributed by atoms with Crippen LogP contribution in [0.5, 0.6) is 5.75 Å². The minimum atomic E-state index is 0. The maximum Gasteiger partial charge on any atom is 0.320 e. The normalized spacial score (nSPS) is 24.7. The van der Waals surface area contributed by atoms with Crippen molar-refractivity contribution in [1.82, 2.24) is 25.3 Å². The third kappa shape index (κ3) is 3.91. The van der Waals surface area contributed by atoms with E-state index in [4.69, 9.17) is 0 Å². The van der Waals surface area contributed by atoms with Crippen LogP contribution in [0, 0.1) is 0 Å². The number of urea groups is 1. The molecule has 172 valence electrons. The standard InChI is InChI=1S/C22H29N7O2.ClH/c1-14-10-23-11-15(2)29(14)22(31)27-7-8-28-16(13-27)12-24-21-19(28)9-18(25-26-21)17-5-3-4-6-20(17)30;/h3-6,9,14-16,23,30H,7-8,10-13H2,1-2H3,(H,24,26);1H/t14-,15+,16-;/m0./s1. The third-order valence-corrected chi connectivity index (χ3v) is 6.57. The van der Waals surface area contributed by atoms with E-state index in [1.54, 1.807) is 12.1 Å². The monoisotopic (exact) mass is 459 g/mol. The Morgan fingerprint density at radius 3 is 2.59 bits per heavy atom. The predicted octanol–water partition coefficient (Wildman–Crippen LogP) is 1.99. The zero-order valence-corrected chi connectivity index (χ0v) is 19.2. The Morgan fingerprint density at radius 1 is 1.09 bits per heavy atom. The number of halogens is 1. The zero-order chi connectivity index (χ0) is 21.5. The highest BCUT2D eigenvalue weighted by molar-refractivity contribution is 5.85. The van der Waals surface area contributed by atoms with Gasteiger partial charge in [-0.2, -0.15) is 0 Å². The fourth-order valence-corrected chi connectivity index (χ4v) is 4.96. The molecule has 1 aromatic carbocycles. The molecular weight excluding hydrogens is 430 g/mol. The van der Waals surface area contributed by atoms with Crippen molar-refractivity contribution in [3.63, 3.8) is 0 Å². The predicted molar refractivity (Wildman–Crippen MR) is 127 cm³/mol. The van der Waals surface area contributed by atoms with Crippen molar-refractivity contribution >= 4 is 29.9 Å². The number of phenols is 1. The first-order valence-electron chi connectivity index (χ1n) is 11.0. The molecule has 2 amide bonds. The van der Waals surface area contributed by atoms with Crippen molar-refractivity contribution in [1.29, 1.82) is 0 Å². The van der Waals surface area contributed by atoms with Crippen molar-refractivity contribution in [2.45, 2.75) is 32.0 Å². The lowest BCUT2D eigenvalue weighted by Gasteiger charge is -2.48. The number of aromatic hydroxyl groups is 1. The van der Waals surface area contributed by atoms with Crippen LogP contribution in [0.25, 0.3) is 11.3 Å². The number of amides is 2. The Morgan fingerprint density at radius 2 is 1.84 bits per heavy atom. The van der Waals surface area contributed by atoms with Gasteiger partial charge in [0.25, 0.3) is 0 Å². The van der Waals surface area contributed by atoms with E-state index in [9.17, 15) is 9.90 Å². The van der Waals surface area contributed by atoms with Gasteiger partial charge in [-0.15, -0.1) is 22.6 Å². The molecule has 10 heteroatoms. The van der Waals surface area contributed by atoms with Crippen molar-refractivity contribution < 1.29 is 9.90 Å². The van der Waals surface area contributed by atoms with Gasteiger partial charge in [0.1, 0.15) is 5.75 Å². The van der Waals surface area contributed by atoms with E-state index in [2.05, 4.69) is 39.6 Å². The summed E-state index contributed by atoms with van der Waals surface area (Å²) in [5.74, 6) is 0.936. The molecule has 3 atom stereocenters. The number of carbonyl (C=O) groups excluding carboxylic acids is 1. The fraction of sp³-hybridized carbons (Fsp3) is 0.500. The van der Waals surface area contributed by atoms with Crippen LogP contribution < -0.4 is 15.5 Å². The van der Waals surface area contributed by atoms with Gasteiger partial charge >= 0.3 is 6.03 Å². The molecule has 0 bridgehead atoms. The largest absolute Gasteiger partial charge is 0.507 e. The average Bonchev–Trinajstić information content (AvgIpc) is 2.78. The molecule has 0 spiro atoms. The molecule has 0 saturated carbocycles. The topological polar surface area (TPSA) is 96.9 Å². The van der Waals surface area contributed by atoms with Crippen LogP contribution in [0.3, 0.4) is 0 Å². The van der Waals surface area contributed by atoms with E-state index < -0.39 is 0 Å². The summed E-state index contributed by atoms with van der Waals surface area (Å²) in [5, 5.41) is 25.6. The van der Waals surface area contributed by atoms with Crippen LogP contribution in [0.1, 0.15) is 13.8 Å². The average molecular weight is 460 g/mol. The second-order valence-electron chi connectivity index (χ2n) is 8.70. The minimum absolute atomic E-state index is 0. The molecule has 3 aliphatic rings. The molecule has 1 aromatic heterocycles. The highest BCUT2D eigenvalue weighted by Crippen LogP contribution is 2.36. The first-order valence-corrected chi connectivity index (χ1v) is 11.0. The molecule has 3 aliphatic heterocycles. The third-order valence-electron chi connectivity index (χ3n) is 6.57. The van der Waals surface area contributed by atoms with Gasteiger partial charge in [0, 0.05) is 56.9 Å². The van der Waals surface area contributed by atoms with Gasteiger partial charge < -0.3 is 30.4 Å². The Bertz CT molecular complexity index is 981. The summed E-state index contributed by atoms with van der Waals surface area (Å²) in [6.07, 6.45) is 0. The Kier molecular flexibility index (Phi) is 6.30. The van der Waals surface area contributed by atoms with Gasteiger partial charge in [0.2, 0.25) is 0 Å². The maximum absolute atomic E-state index is 13.3. The Hall–Kier alpha value is -2.78. The summed E-state index contributed by atoms with van der Waals surface area (Å²) in [6, 6.07) is 9.82. The molecule has 0 aliphatic carbocycles. The molecule has 2 saturated heterocycles. The first-order chi connectivity index (χ1) is 15.0. The molecule has 3 N–H and O–H groups in total. The van der Waals surface area contributed by atoms with E-state index in [-0.39, 0.29) is 42.3 Å². The number of para-hydroxylation sites is 1. The first kappa shape index (κ1) is 22.4. The second kappa shape index (κ2) is 8.99. The van der Waals surface area contributed by atoms with Crippen LogP contribution in [0.15, 0.2) is 30.3 Å². The number of rotatable bonds is 1. The smallest absolute Gasteiger partial charge is 0.320 e. The lowest BCUT2D eigenvalue weighted by molar-refractivity contribution is 0.0939. The summed E-state index contributed by atoms with van der Waals surface area (Å²) >= 11 is 0. The van der Waals surface area contributed by atoms with E-state index in [0.29, 0.717) is 30.9 Å². The van der Waals surface area contributed by atoms with Gasteiger partial charge in [-0.25, -0.2) is 4.79 Å². The molecule has 4 heterocycles. The number of aromatic nitrogens is 2. The molecule has 0 radical (unpaired) electrons. The SMILES string of the molecule is C[C@@H]1CNC[C@H](C)N1C(=O)N1CCN2c3cc(-c4ccccc4O)nnc3NC[C@H]2C1.Cl. The molecule has 32 heavy (non-hydrogen) atoms. The zero-order valence-electron chi connectivity index (χ0n) is 18.4. The van der Waals surface area contributed by atoms with E-state index >= 15 is 0 Å². The number of phenolic OH excluding ortho intramolecular Hbond substituents is 1. The van der Waals surface area contributed by atoms with Gasteiger partial charge in [-0.3, -0.25) is 0 Å². The summed E-state index contributed by atoms with van der Waals surface area (Å²) in [5.41, 5.74) is 2.28. The fourth-order valence-electron chi connectivity index (χ4n) is 4.96. The molecule has 2 aromatic rings. The quantitative estimate of drug-likeness (QED) is 0.600. The van der Waals surface area contributed by atoms with Crippen molar-refractivity contribution in [3.05, 3.63) is 30.3 Å². The summed E-state index contributed by atoms with van der Waals surface area (Å²) < 4.78 is 0. The lowest BCUT2D eigenvalue weighted by atomic mass is 10.1. The van der Waals surface area contributed by atoms with Gasteiger partial charge in [-0.05, 0) is 32.0 Å². The van der Waals surface area contributed by atoms with Gasteiger partial charge in [-0.1, -0.05) is 12.1 Å². The summed E-state index contributed by atoms with van der Waals surface area (Å²) in [6.45, 7) is 8.68.